The molecule has 6 bridgehead atoms. The number of carbonyl (C=O) groups excluding carboxylic acids is 1. The molecule has 12 nitrogen and oxygen atoms in total. The summed E-state index contributed by atoms with van der Waals surface area (Å²) < 4.78 is 56.2. The van der Waals surface area contributed by atoms with Crippen molar-refractivity contribution in [3.8, 4) is 0 Å². The summed E-state index contributed by atoms with van der Waals surface area (Å²) in [4.78, 5) is 13.0. The van der Waals surface area contributed by atoms with E-state index in [1.165, 1.54) is 11.1 Å². The third kappa shape index (κ3) is 9.82. The van der Waals surface area contributed by atoms with Crippen molar-refractivity contribution in [1.29, 1.82) is 0 Å². The van der Waals surface area contributed by atoms with E-state index in [2.05, 4.69) is 31.7 Å². The topological polar surface area (TPSA) is 146 Å². The van der Waals surface area contributed by atoms with E-state index >= 15 is 0 Å². The van der Waals surface area contributed by atoms with E-state index < -0.39 is 5.79 Å². The molecule has 16 atom stereocenters. The third-order valence-electron chi connectivity index (χ3n) is 12.5. The molecule has 302 valence electrons. The van der Waals surface area contributed by atoms with Crippen LogP contribution in [0.2, 0.25) is 0 Å². The zero-order valence-electron chi connectivity index (χ0n) is 32.8. The standard InChI is InChI=1S/C36H52O9.C3H9NO.C2H6O/c1-19-5-6-25(39-21(19)3)7-9-28-20(2)15-27(40-28)11-13-36-18-30-32(44-36)33-34(43-30)35(45-36)31-29(42-33)10-8-26(41-31)17-24(37)16-23-12-14-38-22(23)4;1-3(5)2-4;1-3-2/h21-23,25-35H,1-2,5-18H2,3-4H3;3,5H,2,4H2,1H3;1-2H3/t21-,22+,23?,25-,26?,27?,28+,29?,30-,31+,32?,33+,34?,35?,36+;;/m1../s1. The maximum absolute atomic E-state index is 13.0. The number of carbonyl (C=O) groups is 1. The Bertz CT molecular complexity index is 1250. The Morgan fingerprint density at radius 2 is 1.57 bits per heavy atom. The van der Waals surface area contributed by atoms with E-state index in [1.54, 1.807) is 21.1 Å². The molecule has 9 aliphatic heterocycles. The van der Waals surface area contributed by atoms with Gasteiger partial charge >= 0.3 is 0 Å². The SMILES string of the molecule is C=C1CC(CC[C@@]23C[C@H]4OC5C(O2)[C@H]2OC(CC(=O)CC6CCO[C@H]6C)CCC2O[C@H]5C4O3)O[C@H]1CC[C@H]1CCC(=C)[C@@H](C)O1.CC(O)CN.COC. The Morgan fingerprint density at radius 3 is 2.26 bits per heavy atom. The molecule has 9 saturated heterocycles. The molecule has 0 saturated carbocycles. The predicted octanol–water partition coefficient (Wildman–Crippen LogP) is 4.71. The number of aliphatic hydroxyl groups is 1. The molecule has 0 aromatic rings. The lowest BCUT2D eigenvalue weighted by atomic mass is 9.86. The highest BCUT2D eigenvalue weighted by atomic mass is 16.8. The van der Waals surface area contributed by atoms with Crippen molar-refractivity contribution >= 4 is 5.78 Å². The molecule has 0 aromatic carbocycles. The Labute approximate surface area is 316 Å². The van der Waals surface area contributed by atoms with Gasteiger partial charge in [0.25, 0.3) is 0 Å². The number of hydrogen-bond acceptors (Lipinski definition) is 12. The van der Waals surface area contributed by atoms with Crippen molar-refractivity contribution in [2.45, 2.75) is 195 Å². The lowest BCUT2D eigenvalue weighted by Gasteiger charge is -2.47. The molecule has 12 heteroatoms. The number of Topliss-reactive ketones (excluding diaryl/α,β-unsaturated/α-hetero) is 1. The molecule has 53 heavy (non-hydrogen) atoms. The van der Waals surface area contributed by atoms with Gasteiger partial charge in [-0.2, -0.15) is 0 Å². The van der Waals surface area contributed by atoms with Gasteiger partial charge in [0.05, 0.1) is 54.9 Å². The molecule has 0 amide bonds. The molecule has 9 aliphatic rings. The quantitative estimate of drug-likeness (QED) is 0.282. The second kappa shape index (κ2) is 18.3. The molecule has 0 aliphatic carbocycles. The molecule has 0 radical (unpaired) electrons. The predicted molar refractivity (Wildman–Crippen MR) is 197 cm³/mol. The van der Waals surface area contributed by atoms with Crippen LogP contribution in [0.3, 0.4) is 0 Å². The number of hydrogen-bond donors (Lipinski definition) is 2. The summed E-state index contributed by atoms with van der Waals surface area (Å²) in [5.74, 6) is -0.152. The lowest BCUT2D eigenvalue weighted by molar-refractivity contribution is -0.292. The maximum Gasteiger partial charge on any atom is 0.172 e. The van der Waals surface area contributed by atoms with Gasteiger partial charge in [-0.3, -0.25) is 4.79 Å². The van der Waals surface area contributed by atoms with Gasteiger partial charge in [0, 0.05) is 53.1 Å². The van der Waals surface area contributed by atoms with Crippen LogP contribution in [0.15, 0.2) is 24.3 Å². The van der Waals surface area contributed by atoms with E-state index in [1.807, 2.05) is 0 Å². The van der Waals surface area contributed by atoms with Gasteiger partial charge in [-0.05, 0) is 95.6 Å². The summed E-state index contributed by atoms with van der Waals surface area (Å²) >= 11 is 0. The molecular formula is C41H67NO11. The Hall–Kier alpha value is -1.29. The Balaban J connectivity index is 0.000000549. The van der Waals surface area contributed by atoms with Crippen LogP contribution in [-0.2, 0) is 47.4 Å². The third-order valence-corrected chi connectivity index (χ3v) is 12.5. The van der Waals surface area contributed by atoms with Crippen LogP contribution in [0, 0.1) is 5.92 Å². The minimum absolute atomic E-state index is 0.0284. The number of rotatable bonds is 11. The fourth-order valence-corrected chi connectivity index (χ4v) is 9.48. The minimum Gasteiger partial charge on any atom is -0.392 e. The van der Waals surface area contributed by atoms with Crippen molar-refractivity contribution < 1.29 is 52.5 Å². The second-order valence-electron chi connectivity index (χ2n) is 16.7. The number of nitrogens with two attached hydrogens (primary N) is 1. The van der Waals surface area contributed by atoms with Crippen molar-refractivity contribution in [2.75, 3.05) is 27.4 Å². The number of ketones is 1. The summed E-state index contributed by atoms with van der Waals surface area (Å²) in [7, 11) is 3.25. The average Bonchev–Trinajstić information content (AvgIpc) is 3.83. The summed E-state index contributed by atoms with van der Waals surface area (Å²) in [6.07, 6.45) is 10.0. The first-order valence-electron chi connectivity index (χ1n) is 20.3. The summed E-state index contributed by atoms with van der Waals surface area (Å²) in [5.41, 5.74) is 7.30. The number of fused-ring (bicyclic) bond motifs is 1. The van der Waals surface area contributed by atoms with Crippen LogP contribution in [0.1, 0.15) is 104 Å². The zero-order chi connectivity index (χ0) is 37.9. The number of methoxy groups -OCH3 is 1. The Kier molecular flexibility index (Phi) is 14.3. The molecule has 0 spiro atoms. The summed E-state index contributed by atoms with van der Waals surface area (Å²) in [6, 6.07) is 0. The van der Waals surface area contributed by atoms with E-state index in [4.69, 9.17) is 48.7 Å². The lowest BCUT2D eigenvalue weighted by Crippen LogP contribution is -2.61. The summed E-state index contributed by atoms with van der Waals surface area (Å²) in [5, 5.41) is 8.24. The summed E-state index contributed by atoms with van der Waals surface area (Å²) in [6.45, 7) is 15.4. The largest absolute Gasteiger partial charge is 0.392 e. The van der Waals surface area contributed by atoms with Gasteiger partial charge in [-0.1, -0.05) is 13.2 Å². The number of ether oxygens (including phenoxy) is 9. The highest BCUT2D eigenvalue weighted by Crippen LogP contribution is 2.54. The molecule has 9 rings (SSSR count). The monoisotopic (exact) mass is 749 g/mol. The van der Waals surface area contributed by atoms with E-state index in [9.17, 15) is 4.79 Å². The van der Waals surface area contributed by atoms with Gasteiger partial charge in [0.2, 0.25) is 0 Å². The fraction of sp³-hybridized carbons (Fsp3) is 0.878. The maximum atomic E-state index is 13.0. The smallest absolute Gasteiger partial charge is 0.172 e. The van der Waals surface area contributed by atoms with Gasteiger partial charge in [-0.25, -0.2) is 0 Å². The van der Waals surface area contributed by atoms with Gasteiger partial charge in [-0.15, -0.1) is 0 Å². The van der Waals surface area contributed by atoms with Crippen LogP contribution in [0.4, 0.5) is 0 Å². The van der Waals surface area contributed by atoms with Crippen LogP contribution < -0.4 is 5.73 Å². The van der Waals surface area contributed by atoms with Crippen molar-refractivity contribution in [3.63, 3.8) is 0 Å². The van der Waals surface area contributed by atoms with E-state index in [-0.39, 0.29) is 91.2 Å². The number of aliphatic hydroxyl groups excluding tert-OH is 1. The van der Waals surface area contributed by atoms with Crippen molar-refractivity contribution in [2.24, 2.45) is 11.7 Å². The van der Waals surface area contributed by atoms with Crippen LogP contribution >= 0.6 is 0 Å². The van der Waals surface area contributed by atoms with Gasteiger partial charge in [0.1, 0.15) is 36.3 Å². The van der Waals surface area contributed by atoms with E-state index in [0.29, 0.717) is 31.7 Å². The molecule has 9 heterocycles. The normalized spacial score (nSPS) is 44.4. The first kappa shape index (κ1) is 41.3. The highest BCUT2D eigenvalue weighted by molar-refractivity contribution is 5.79. The second-order valence-corrected chi connectivity index (χ2v) is 16.7. The van der Waals surface area contributed by atoms with Crippen molar-refractivity contribution in [3.05, 3.63) is 24.3 Å². The molecule has 3 N–H and O–H groups in total. The Morgan fingerprint density at radius 1 is 0.849 bits per heavy atom. The highest BCUT2D eigenvalue weighted by Gasteiger charge is 2.68. The first-order valence-corrected chi connectivity index (χ1v) is 20.3. The zero-order valence-corrected chi connectivity index (χ0v) is 32.8. The molecule has 0 aromatic heterocycles. The first-order chi connectivity index (χ1) is 25.4. The van der Waals surface area contributed by atoms with Crippen LogP contribution in [0.5, 0.6) is 0 Å². The van der Waals surface area contributed by atoms with Crippen LogP contribution in [0.25, 0.3) is 0 Å². The molecular weight excluding hydrogens is 682 g/mol. The van der Waals surface area contributed by atoms with Gasteiger partial charge in [0.15, 0.2) is 5.79 Å². The fourth-order valence-electron chi connectivity index (χ4n) is 9.48. The van der Waals surface area contributed by atoms with Gasteiger partial charge < -0.3 is 53.5 Å². The van der Waals surface area contributed by atoms with Crippen molar-refractivity contribution in [1.82, 2.24) is 0 Å². The van der Waals surface area contributed by atoms with E-state index in [0.717, 1.165) is 70.8 Å². The average molecular weight is 750 g/mol. The minimum atomic E-state index is -0.732. The molecule has 8 unspecified atom stereocenters. The molecule has 9 fully saturated rings. The van der Waals surface area contributed by atoms with Crippen LogP contribution in [-0.4, -0.2) is 130 Å².